The number of hydrogen-bond donors (Lipinski definition) is 0. The molecule has 0 aliphatic rings. The normalized spacial score (nSPS) is 10.5. The number of imidazole rings is 1. The summed E-state index contributed by atoms with van der Waals surface area (Å²) in [6.07, 6.45) is 5.50. The molecule has 1 heterocycles. The van der Waals surface area contributed by atoms with Crippen LogP contribution >= 0.6 is 0 Å². The highest BCUT2D eigenvalue weighted by atomic mass is 16.5. The molecule has 0 saturated heterocycles. The van der Waals surface area contributed by atoms with Gasteiger partial charge in [0.2, 0.25) is 6.33 Å². The van der Waals surface area contributed by atoms with Gasteiger partial charge in [-0.15, -0.1) is 0 Å². The molecule has 0 aromatic carbocycles. The number of esters is 1. The molecule has 0 aliphatic carbocycles. The van der Waals surface area contributed by atoms with E-state index in [1.807, 2.05) is 44.2 Å². The van der Waals surface area contributed by atoms with Gasteiger partial charge < -0.3 is 4.74 Å². The average molecular weight is 183 g/mol. The van der Waals surface area contributed by atoms with E-state index in [-0.39, 0.29) is 18.6 Å². The van der Waals surface area contributed by atoms with Gasteiger partial charge in [0.15, 0.2) is 6.54 Å². The third kappa shape index (κ3) is 3.27. The van der Waals surface area contributed by atoms with Crippen molar-refractivity contribution < 1.29 is 14.1 Å². The minimum Gasteiger partial charge on any atom is -0.460 e. The second-order valence-electron chi connectivity index (χ2n) is 3.29. The predicted octanol–water partition coefficient (Wildman–Crippen LogP) is 0.264. The van der Waals surface area contributed by atoms with Crippen molar-refractivity contribution in [3.05, 3.63) is 18.7 Å². The molecule has 0 aliphatic heterocycles. The average Bonchev–Trinajstić information content (AvgIpc) is 2.33. The maximum absolute atomic E-state index is 11.2. The van der Waals surface area contributed by atoms with Gasteiger partial charge in [-0.3, -0.25) is 0 Å². The van der Waals surface area contributed by atoms with Crippen LogP contribution in [0.15, 0.2) is 18.7 Å². The number of ether oxygens (including phenoxy) is 1. The Bertz CT molecular complexity index is 292. The Balaban J connectivity index is 2.45. The monoisotopic (exact) mass is 183 g/mol. The lowest BCUT2D eigenvalue weighted by molar-refractivity contribution is -0.671. The lowest BCUT2D eigenvalue weighted by atomic mass is 10.5. The molecule has 4 nitrogen and oxygen atoms in total. The van der Waals surface area contributed by atoms with Crippen LogP contribution in [-0.2, 0) is 23.1 Å². The standard InChI is InChI=1S/C9H15N2O2/c1-8(2)13-9(12)6-11-5-4-10(3)7-11/h4-5,7-8H,6H2,1-3H3/q+1. The van der Waals surface area contributed by atoms with Crippen molar-refractivity contribution >= 4 is 5.97 Å². The molecule has 1 aromatic rings. The Labute approximate surface area is 77.7 Å². The van der Waals surface area contributed by atoms with Crippen LogP contribution in [0.2, 0.25) is 0 Å². The second kappa shape index (κ2) is 4.07. The van der Waals surface area contributed by atoms with Gasteiger partial charge in [0.05, 0.1) is 13.2 Å². The van der Waals surface area contributed by atoms with E-state index >= 15 is 0 Å². The molecule has 1 aromatic heterocycles. The fourth-order valence-corrected chi connectivity index (χ4v) is 1.04. The van der Waals surface area contributed by atoms with Gasteiger partial charge in [0.25, 0.3) is 0 Å². The van der Waals surface area contributed by atoms with E-state index < -0.39 is 0 Å². The number of hydrogen-bond acceptors (Lipinski definition) is 2. The van der Waals surface area contributed by atoms with E-state index in [9.17, 15) is 4.79 Å². The van der Waals surface area contributed by atoms with E-state index in [1.165, 1.54) is 0 Å². The highest BCUT2D eigenvalue weighted by molar-refractivity contribution is 5.69. The highest BCUT2D eigenvalue weighted by Crippen LogP contribution is 1.92. The zero-order valence-corrected chi connectivity index (χ0v) is 8.23. The molecule has 4 heteroatoms. The molecular weight excluding hydrogens is 168 g/mol. The van der Waals surface area contributed by atoms with Crippen molar-refractivity contribution in [2.24, 2.45) is 7.05 Å². The third-order valence-electron chi connectivity index (χ3n) is 1.50. The van der Waals surface area contributed by atoms with Gasteiger partial charge in [-0.25, -0.2) is 13.9 Å². The third-order valence-corrected chi connectivity index (χ3v) is 1.50. The molecule has 0 atom stereocenters. The largest absolute Gasteiger partial charge is 0.460 e. The van der Waals surface area contributed by atoms with Crippen LogP contribution in [0, 0.1) is 0 Å². The molecule has 0 spiro atoms. The van der Waals surface area contributed by atoms with Gasteiger partial charge in [-0.2, -0.15) is 0 Å². The number of aryl methyl sites for hydroxylation is 1. The van der Waals surface area contributed by atoms with Gasteiger partial charge in [-0.05, 0) is 13.8 Å². The summed E-state index contributed by atoms with van der Waals surface area (Å²) in [5.41, 5.74) is 0. The fraction of sp³-hybridized carbons (Fsp3) is 0.556. The van der Waals surface area contributed by atoms with Gasteiger partial charge in [0, 0.05) is 0 Å². The van der Waals surface area contributed by atoms with Gasteiger partial charge in [0.1, 0.15) is 12.4 Å². The van der Waals surface area contributed by atoms with Crippen molar-refractivity contribution in [1.82, 2.24) is 4.57 Å². The van der Waals surface area contributed by atoms with Crippen molar-refractivity contribution in [2.45, 2.75) is 26.5 Å². The zero-order valence-electron chi connectivity index (χ0n) is 8.23. The van der Waals surface area contributed by atoms with E-state index in [0.29, 0.717) is 0 Å². The Morgan fingerprint density at radius 2 is 2.31 bits per heavy atom. The summed E-state index contributed by atoms with van der Waals surface area (Å²) in [6.45, 7) is 3.96. The Morgan fingerprint density at radius 3 is 2.77 bits per heavy atom. The van der Waals surface area contributed by atoms with Crippen molar-refractivity contribution in [1.29, 1.82) is 0 Å². The highest BCUT2D eigenvalue weighted by Gasteiger charge is 2.10. The zero-order chi connectivity index (χ0) is 9.84. The summed E-state index contributed by atoms with van der Waals surface area (Å²) in [4.78, 5) is 11.2. The fourth-order valence-electron chi connectivity index (χ4n) is 1.04. The summed E-state index contributed by atoms with van der Waals surface area (Å²) < 4.78 is 8.65. The predicted molar refractivity (Wildman–Crippen MR) is 46.8 cm³/mol. The maximum Gasteiger partial charge on any atom is 0.348 e. The van der Waals surface area contributed by atoms with E-state index in [1.54, 1.807) is 4.57 Å². The minimum absolute atomic E-state index is 0.0446. The van der Waals surface area contributed by atoms with Gasteiger partial charge >= 0.3 is 5.97 Å². The van der Waals surface area contributed by atoms with Crippen LogP contribution < -0.4 is 4.57 Å². The molecule has 0 bridgehead atoms. The van der Waals surface area contributed by atoms with E-state index in [0.717, 1.165) is 0 Å². The van der Waals surface area contributed by atoms with Crippen molar-refractivity contribution in [3.63, 3.8) is 0 Å². The number of carbonyl (C=O) groups excluding carboxylic acids is 1. The van der Waals surface area contributed by atoms with Crippen LogP contribution in [0.3, 0.4) is 0 Å². The molecule has 0 amide bonds. The number of carbonyl (C=O) groups is 1. The molecule has 0 radical (unpaired) electrons. The summed E-state index contributed by atoms with van der Waals surface area (Å²) in [7, 11) is 1.91. The molecule has 1 rings (SSSR count). The van der Waals surface area contributed by atoms with E-state index in [2.05, 4.69) is 0 Å². The second-order valence-corrected chi connectivity index (χ2v) is 3.29. The SMILES string of the molecule is CC(C)OC(=O)Cn1cc[n+](C)c1. The summed E-state index contributed by atoms with van der Waals surface area (Å²) >= 11 is 0. The van der Waals surface area contributed by atoms with Crippen molar-refractivity contribution in [2.75, 3.05) is 0 Å². The lowest BCUT2D eigenvalue weighted by Crippen LogP contribution is -2.25. The maximum atomic E-state index is 11.2. The Hall–Kier alpha value is -1.32. The molecule has 0 N–H and O–H groups in total. The quantitative estimate of drug-likeness (QED) is 0.498. The first-order valence-electron chi connectivity index (χ1n) is 4.28. The van der Waals surface area contributed by atoms with Crippen LogP contribution in [0.4, 0.5) is 0 Å². The summed E-state index contributed by atoms with van der Waals surface area (Å²) in [5.74, 6) is -0.203. The first-order valence-corrected chi connectivity index (χ1v) is 4.28. The summed E-state index contributed by atoms with van der Waals surface area (Å²) in [6, 6.07) is 0. The van der Waals surface area contributed by atoms with Crippen LogP contribution in [0.25, 0.3) is 0 Å². The van der Waals surface area contributed by atoms with Gasteiger partial charge in [-0.1, -0.05) is 0 Å². The first-order chi connectivity index (χ1) is 6.08. The molecular formula is C9H15N2O2+. The first kappa shape index (κ1) is 9.77. The lowest BCUT2D eigenvalue weighted by Gasteiger charge is -2.05. The minimum atomic E-state index is -0.203. The van der Waals surface area contributed by atoms with E-state index in [4.69, 9.17) is 4.74 Å². The van der Waals surface area contributed by atoms with Crippen molar-refractivity contribution in [3.8, 4) is 0 Å². The van der Waals surface area contributed by atoms with Crippen LogP contribution in [-0.4, -0.2) is 16.6 Å². The Morgan fingerprint density at radius 1 is 1.62 bits per heavy atom. The molecule has 0 saturated carbocycles. The van der Waals surface area contributed by atoms with Crippen LogP contribution in [0.1, 0.15) is 13.8 Å². The molecule has 0 unspecified atom stereocenters. The number of nitrogens with zero attached hydrogens (tertiary/aromatic N) is 2. The number of aromatic nitrogens is 2. The summed E-state index contributed by atoms with van der Waals surface area (Å²) in [5, 5.41) is 0. The number of rotatable bonds is 3. The Kier molecular flexibility index (Phi) is 3.06. The smallest absolute Gasteiger partial charge is 0.348 e. The molecule has 0 fully saturated rings. The topological polar surface area (TPSA) is 35.1 Å². The molecule has 72 valence electrons. The molecule has 13 heavy (non-hydrogen) atoms. The van der Waals surface area contributed by atoms with Crippen LogP contribution in [0.5, 0.6) is 0 Å².